The van der Waals surface area contributed by atoms with Gasteiger partial charge >= 0.3 is 0 Å². The molecule has 0 bridgehead atoms. The highest BCUT2D eigenvalue weighted by atomic mass is 14.7. The molecule has 0 N–H and O–H groups in total. The van der Waals surface area contributed by atoms with Crippen molar-refractivity contribution in [3.8, 4) is 0 Å². The summed E-state index contributed by atoms with van der Waals surface area (Å²) in [7, 11) is 0. The van der Waals surface area contributed by atoms with Crippen LogP contribution in [0.3, 0.4) is 0 Å². The highest BCUT2D eigenvalue weighted by molar-refractivity contribution is 5.39. The molecule has 1 spiro atoms. The Bertz CT molecular complexity index is 325. The third kappa shape index (κ3) is 0.905. The van der Waals surface area contributed by atoms with Gasteiger partial charge in [0.25, 0.3) is 0 Å². The van der Waals surface area contributed by atoms with Crippen molar-refractivity contribution in [1.29, 1.82) is 0 Å². The van der Waals surface area contributed by atoms with Crippen molar-refractivity contribution >= 4 is 0 Å². The van der Waals surface area contributed by atoms with E-state index in [1.54, 1.807) is 0 Å². The zero-order valence-corrected chi connectivity index (χ0v) is 10.6. The second-order valence-electron chi connectivity index (χ2n) is 7.02. The molecule has 3 rings (SSSR count). The van der Waals surface area contributed by atoms with Gasteiger partial charge in [-0.2, -0.15) is 0 Å². The van der Waals surface area contributed by atoms with Gasteiger partial charge in [0.05, 0.1) is 0 Å². The Morgan fingerprint density at radius 2 is 2.00 bits per heavy atom. The van der Waals surface area contributed by atoms with Crippen LogP contribution in [0.15, 0.2) is 12.2 Å². The molecule has 2 fully saturated rings. The number of rotatable bonds is 0. The lowest BCUT2D eigenvalue weighted by molar-refractivity contribution is 0.133. The maximum Gasteiger partial charge on any atom is 0.00316 e. The van der Waals surface area contributed by atoms with Crippen LogP contribution in [0.25, 0.3) is 0 Å². The molecule has 0 nitrogen and oxygen atoms in total. The summed E-state index contributed by atoms with van der Waals surface area (Å²) >= 11 is 0. The first-order valence-corrected chi connectivity index (χ1v) is 6.47. The van der Waals surface area contributed by atoms with E-state index >= 15 is 0 Å². The van der Waals surface area contributed by atoms with Gasteiger partial charge in [-0.25, -0.2) is 0 Å². The highest BCUT2D eigenvalue weighted by Crippen LogP contribution is 2.76. The van der Waals surface area contributed by atoms with Crippen molar-refractivity contribution in [1.82, 2.24) is 0 Å². The van der Waals surface area contributed by atoms with Gasteiger partial charge < -0.3 is 0 Å². The highest BCUT2D eigenvalue weighted by Gasteiger charge is 2.68. The van der Waals surface area contributed by atoms with Crippen LogP contribution in [0.4, 0.5) is 0 Å². The average Bonchev–Trinajstić information content (AvgIpc) is 2.62. The van der Waals surface area contributed by atoms with Gasteiger partial charge in [0, 0.05) is 5.41 Å². The number of allylic oxidation sites excluding steroid dienone is 2. The summed E-state index contributed by atoms with van der Waals surface area (Å²) in [5.74, 6) is 2.75. The van der Waals surface area contributed by atoms with E-state index in [4.69, 9.17) is 0 Å². The molecule has 1 radical (unpaired) electrons. The molecule has 0 aromatic heterocycles. The maximum absolute atomic E-state index is 2.58. The van der Waals surface area contributed by atoms with E-state index in [-0.39, 0.29) is 0 Å². The van der Waals surface area contributed by atoms with Crippen LogP contribution in [-0.4, -0.2) is 0 Å². The fourth-order valence-electron chi connectivity index (χ4n) is 5.39. The minimum absolute atomic E-state index is 0.483. The van der Waals surface area contributed by atoms with Crippen LogP contribution in [-0.2, 0) is 0 Å². The standard InChI is InChI=1S/C15H23/c1-11-6-7-12-13(2,3)10-14(4)8-5-9-15(11,12)14/h5,9,11H,6-8,10H2,1-4H3/t11-,14+,15+/m1/s1. The van der Waals surface area contributed by atoms with Gasteiger partial charge in [-0.1, -0.05) is 39.8 Å². The zero-order chi connectivity index (χ0) is 10.9. The lowest BCUT2D eigenvalue weighted by atomic mass is 9.62. The molecule has 0 aromatic rings. The van der Waals surface area contributed by atoms with Crippen molar-refractivity contribution in [3.05, 3.63) is 18.1 Å². The fourth-order valence-corrected chi connectivity index (χ4v) is 5.39. The van der Waals surface area contributed by atoms with Crippen molar-refractivity contribution in [2.75, 3.05) is 0 Å². The third-order valence-electron chi connectivity index (χ3n) is 5.70. The molecule has 3 aliphatic carbocycles. The lowest BCUT2D eigenvalue weighted by Gasteiger charge is -2.41. The summed E-state index contributed by atoms with van der Waals surface area (Å²) in [5.41, 5.74) is 1.52. The molecule has 2 saturated carbocycles. The van der Waals surface area contributed by atoms with E-state index in [9.17, 15) is 0 Å². The molecule has 0 aliphatic heterocycles. The van der Waals surface area contributed by atoms with Crippen LogP contribution in [0, 0.1) is 28.1 Å². The van der Waals surface area contributed by atoms with E-state index in [1.807, 2.05) is 5.92 Å². The topological polar surface area (TPSA) is 0 Å². The summed E-state index contributed by atoms with van der Waals surface area (Å²) in [4.78, 5) is 0. The predicted octanol–water partition coefficient (Wildman–Crippen LogP) is 4.37. The third-order valence-corrected chi connectivity index (χ3v) is 5.70. The SMILES string of the molecule is C[C@@H]1CC[C]2C(C)(C)C[C@]3(C)CC=C[C@@]213. The van der Waals surface area contributed by atoms with Crippen molar-refractivity contribution in [2.45, 2.75) is 53.4 Å². The molecule has 0 heterocycles. The summed E-state index contributed by atoms with van der Waals surface area (Å²) in [6.45, 7) is 9.95. The largest absolute Gasteiger partial charge is 0.0874 e. The first-order valence-electron chi connectivity index (χ1n) is 6.47. The zero-order valence-electron chi connectivity index (χ0n) is 10.6. The minimum Gasteiger partial charge on any atom is -0.0874 e. The summed E-state index contributed by atoms with van der Waals surface area (Å²) in [6.07, 6.45) is 10.5. The molecule has 3 atom stereocenters. The summed E-state index contributed by atoms with van der Waals surface area (Å²) in [5, 5.41) is 0. The lowest BCUT2D eigenvalue weighted by Crippen LogP contribution is -2.35. The molecule has 0 unspecified atom stereocenters. The van der Waals surface area contributed by atoms with E-state index in [0.717, 1.165) is 5.92 Å². The van der Waals surface area contributed by atoms with E-state index in [1.165, 1.54) is 25.7 Å². The van der Waals surface area contributed by atoms with Gasteiger partial charge in [-0.05, 0) is 48.3 Å². The van der Waals surface area contributed by atoms with Gasteiger partial charge in [0.1, 0.15) is 0 Å². The van der Waals surface area contributed by atoms with Crippen molar-refractivity contribution in [2.24, 2.45) is 22.2 Å². The van der Waals surface area contributed by atoms with Gasteiger partial charge in [-0.15, -0.1) is 0 Å². The average molecular weight is 203 g/mol. The first kappa shape index (κ1) is 9.93. The Balaban J connectivity index is 2.16. The molecule has 3 aliphatic rings. The molecule has 0 amide bonds. The number of hydrogen-bond donors (Lipinski definition) is 0. The maximum atomic E-state index is 2.58. The molecular weight excluding hydrogens is 180 g/mol. The molecule has 0 saturated heterocycles. The monoisotopic (exact) mass is 203 g/mol. The summed E-state index contributed by atoms with van der Waals surface area (Å²) in [6, 6.07) is 0. The van der Waals surface area contributed by atoms with Crippen molar-refractivity contribution in [3.63, 3.8) is 0 Å². The molecule has 0 aromatic carbocycles. The second kappa shape index (κ2) is 2.52. The first-order chi connectivity index (χ1) is 6.92. The second-order valence-corrected chi connectivity index (χ2v) is 7.02. The molecular formula is C15H23. The smallest absolute Gasteiger partial charge is 0.00316 e. The Hall–Kier alpha value is -0.260. The van der Waals surface area contributed by atoms with E-state index in [0.29, 0.717) is 16.2 Å². The quantitative estimate of drug-likeness (QED) is 0.513. The Morgan fingerprint density at radius 3 is 2.73 bits per heavy atom. The molecule has 15 heavy (non-hydrogen) atoms. The van der Waals surface area contributed by atoms with Crippen LogP contribution in [0.2, 0.25) is 0 Å². The fraction of sp³-hybridized carbons (Fsp3) is 0.800. The van der Waals surface area contributed by atoms with E-state index < -0.39 is 0 Å². The molecule has 83 valence electrons. The van der Waals surface area contributed by atoms with Crippen LogP contribution < -0.4 is 0 Å². The van der Waals surface area contributed by atoms with Gasteiger partial charge in [0.15, 0.2) is 0 Å². The van der Waals surface area contributed by atoms with Crippen LogP contribution >= 0.6 is 0 Å². The normalized spacial score (nSPS) is 52.1. The van der Waals surface area contributed by atoms with E-state index in [2.05, 4.69) is 39.8 Å². The van der Waals surface area contributed by atoms with Crippen LogP contribution in [0.1, 0.15) is 53.4 Å². The Morgan fingerprint density at radius 1 is 1.27 bits per heavy atom. The van der Waals surface area contributed by atoms with Gasteiger partial charge in [0.2, 0.25) is 0 Å². The minimum atomic E-state index is 0.483. The summed E-state index contributed by atoms with van der Waals surface area (Å²) < 4.78 is 0. The van der Waals surface area contributed by atoms with Crippen LogP contribution in [0.5, 0.6) is 0 Å². The Labute approximate surface area is 94.1 Å². The predicted molar refractivity (Wildman–Crippen MR) is 64.3 cm³/mol. The Kier molecular flexibility index (Phi) is 1.67. The van der Waals surface area contributed by atoms with Crippen molar-refractivity contribution < 1.29 is 0 Å². The molecule has 0 heteroatoms. The van der Waals surface area contributed by atoms with Gasteiger partial charge in [-0.3, -0.25) is 0 Å². The number of hydrogen-bond acceptors (Lipinski definition) is 0.